The highest BCUT2D eigenvalue weighted by Crippen LogP contribution is 2.29. The Morgan fingerprint density at radius 1 is 1.05 bits per heavy atom. The Bertz CT molecular complexity index is 843. The van der Waals surface area contributed by atoms with Crippen molar-refractivity contribution in [3.63, 3.8) is 0 Å². The van der Waals surface area contributed by atoms with Crippen LogP contribution in [0.1, 0.15) is 20.7 Å². The van der Waals surface area contributed by atoms with E-state index >= 15 is 0 Å². The van der Waals surface area contributed by atoms with Gasteiger partial charge in [0.2, 0.25) is 5.78 Å². The molecule has 0 amide bonds. The average molecular weight is 301 g/mol. The molecule has 0 radical (unpaired) electrons. The van der Waals surface area contributed by atoms with Crippen LogP contribution in [-0.2, 0) is 0 Å². The lowest BCUT2D eigenvalue weighted by Crippen LogP contribution is -2.22. The summed E-state index contributed by atoms with van der Waals surface area (Å²) in [6, 6.07) is 6.95. The third-order valence-electron chi connectivity index (χ3n) is 3.25. The second-order valence-electron chi connectivity index (χ2n) is 4.70. The van der Waals surface area contributed by atoms with Gasteiger partial charge >= 0.3 is 0 Å². The number of Topliss-reactive ketones (excluding diaryl/α,β-unsaturated/α-hetero) is 1. The molecule has 0 aromatic heterocycles. The molecule has 0 saturated carbocycles. The number of carbonyl (C=O) groups excluding carboxylic acids is 2. The molecule has 0 bridgehead atoms. The number of carbonyl (C=O) groups is 2. The molecule has 0 atom stereocenters. The molecule has 0 aliphatic heterocycles. The predicted molar refractivity (Wildman–Crippen MR) is 74.8 cm³/mol. The standard InChI is InChI=1S/C16H9F2NO3/c17-8-4-5-11(10(18)6-8)19-12-7-14(21)15-9(16(12)22)2-1-3-13(15)20/h1-7,19-20H. The van der Waals surface area contributed by atoms with Crippen LogP contribution < -0.4 is 5.32 Å². The second kappa shape index (κ2) is 5.07. The first kappa shape index (κ1) is 13.9. The smallest absolute Gasteiger partial charge is 0.210 e. The molecule has 0 fully saturated rings. The highest BCUT2D eigenvalue weighted by molar-refractivity contribution is 6.26. The predicted octanol–water partition coefficient (Wildman–Crippen LogP) is 3.05. The van der Waals surface area contributed by atoms with E-state index in [1.165, 1.54) is 18.2 Å². The number of ketones is 2. The number of rotatable bonds is 2. The van der Waals surface area contributed by atoms with Gasteiger partial charge in [0.05, 0.1) is 16.9 Å². The van der Waals surface area contributed by atoms with Gasteiger partial charge in [-0.05, 0) is 24.3 Å². The van der Waals surface area contributed by atoms with Crippen molar-refractivity contribution in [1.29, 1.82) is 0 Å². The zero-order chi connectivity index (χ0) is 15.9. The molecule has 4 nitrogen and oxygen atoms in total. The number of nitrogens with one attached hydrogen (secondary N) is 1. The molecule has 110 valence electrons. The highest BCUT2D eigenvalue weighted by Gasteiger charge is 2.28. The molecule has 3 rings (SSSR count). The van der Waals surface area contributed by atoms with Crippen LogP contribution in [0.15, 0.2) is 48.2 Å². The Morgan fingerprint density at radius 2 is 1.82 bits per heavy atom. The molecule has 1 aliphatic rings. The number of hydrogen-bond donors (Lipinski definition) is 2. The fraction of sp³-hybridized carbons (Fsp3) is 0. The van der Waals surface area contributed by atoms with Gasteiger partial charge in [0.25, 0.3) is 0 Å². The summed E-state index contributed by atoms with van der Waals surface area (Å²) in [7, 11) is 0. The molecular formula is C16H9F2NO3. The van der Waals surface area contributed by atoms with Gasteiger partial charge in [-0.25, -0.2) is 8.78 Å². The van der Waals surface area contributed by atoms with E-state index in [2.05, 4.69) is 5.32 Å². The third kappa shape index (κ3) is 2.24. The molecule has 2 N–H and O–H groups in total. The van der Waals surface area contributed by atoms with E-state index in [4.69, 9.17) is 0 Å². The topological polar surface area (TPSA) is 66.4 Å². The summed E-state index contributed by atoms with van der Waals surface area (Å²) >= 11 is 0. The van der Waals surface area contributed by atoms with Gasteiger partial charge in [-0.15, -0.1) is 0 Å². The van der Waals surface area contributed by atoms with Gasteiger partial charge in [0.15, 0.2) is 5.78 Å². The summed E-state index contributed by atoms with van der Waals surface area (Å²) in [5.41, 5.74) is -0.332. The van der Waals surface area contributed by atoms with E-state index in [9.17, 15) is 23.5 Å². The van der Waals surface area contributed by atoms with E-state index in [1.807, 2.05) is 0 Å². The summed E-state index contributed by atoms with van der Waals surface area (Å²) in [6.07, 6.45) is 0.979. The zero-order valence-corrected chi connectivity index (χ0v) is 11.1. The molecule has 1 aliphatic carbocycles. The zero-order valence-electron chi connectivity index (χ0n) is 11.1. The van der Waals surface area contributed by atoms with E-state index < -0.39 is 23.2 Å². The minimum absolute atomic E-state index is 0.0255. The maximum Gasteiger partial charge on any atom is 0.210 e. The monoisotopic (exact) mass is 301 g/mol. The van der Waals surface area contributed by atoms with Crippen molar-refractivity contribution >= 4 is 17.3 Å². The van der Waals surface area contributed by atoms with Crippen LogP contribution in [0, 0.1) is 11.6 Å². The molecule has 6 heteroatoms. The summed E-state index contributed by atoms with van der Waals surface area (Å²) in [4.78, 5) is 24.3. The third-order valence-corrected chi connectivity index (χ3v) is 3.25. The van der Waals surface area contributed by atoms with Gasteiger partial charge < -0.3 is 10.4 Å². The Morgan fingerprint density at radius 3 is 2.55 bits per heavy atom. The number of phenolic OH excluding ortho intramolecular Hbond substituents is 1. The minimum Gasteiger partial charge on any atom is -0.507 e. The van der Waals surface area contributed by atoms with Gasteiger partial charge in [-0.3, -0.25) is 9.59 Å². The van der Waals surface area contributed by atoms with Crippen molar-refractivity contribution in [2.75, 3.05) is 5.32 Å². The normalized spacial score (nSPS) is 13.6. The minimum atomic E-state index is -0.886. The summed E-state index contributed by atoms with van der Waals surface area (Å²) in [5, 5.41) is 12.2. The fourth-order valence-electron chi connectivity index (χ4n) is 2.23. The molecular weight excluding hydrogens is 292 g/mol. The number of fused-ring (bicyclic) bond motifs is 1. The number of halogens is 2. The van der Waals surface area contributed by atoms with Gasteiger partial charge in [0, 0.05) is 17.7 Å². The summed E-state index contributed by atoms with van der Waals surface area (Å²) in [6.45, 7) is 0. The molecule has 0 heterocycles. The molecule has 0 unspecified atom stereocenters. The fourth-order valence-corrected chi connectivity index (χ4v) is 2.23. The lowest BCUT2D eigenvalue weighted by atomic mass is 9.92. The van der Waals surface area contributed by atoms with E-state index in [0.29, 0.717) is 6.07 Å². The SMILES string of the molecule is O=C1C(Nc2ccc(F)cc2F)=CC(=O)c2c(O)cccc21. The lowest BCUT2D eigenvalue weighted by molar-refractivity contribution is 0.0983. The quantitative estimate of drug-likeness (QED) is 0.894. The molecule has 2 aromatic rings. The van der Waals surface area contributed by atoms with Crippen LogP contribution in [0.4, 0.5) is 14.5 Å². The highest BCUT2D eigenvalue weighted by atomic mass is 19.1. The first-order chi connectivity index (χ1) is 10.5. The maximum atomic E-state index is 13.6. The van der Waals surface area contributed by atoms with Crippen LogP contribution in [0.2, 0.25) is 0 Å². The molecule has 22 heavy (non-hydrogen) atoms. The van der Waals surface area contributed by atoms with E-state index in [-0.39, 0.29) is 28.3 Å². The number of phenols is 1. The number of anilines is 1. The molecule has 0 saturated heterocycles. The first-order valence-corrected chi connectivity index (χ1v) is 6.32. The Balaban J connectivity index is 2.00. The number of benzene rings is 2. The van der Waals surface area contributed by atoms with Crippen LogP contribution in [0.25, 0.3) is 0 Å². The van der Waals surface area contributed by atoms with Gasteiger partial charge in [0.1, 0.15) is 17.4 Å². The average Bonchev–Trinajstić information content (AvgIpc) is 2.47. The van der Waals surface area contributed by atoms with Crippen LogP contribution >= 0.6 is 0 Å². The van der Waals surface area contributed by atoms with Crippen molar-refractivity contribution in [3.8, 4) is 5.75 Å². The number of aromatic hydroxyl groups is 1. The van der Waals surface area contributed by atoms with Crippen LogP contribution in [0.3, 0.4) is 0 Å². The summed E-state index contributed by atoms with van der Waals surface area (Å²) < 4.78 is 26.5. The lowest BCUT2D eigenvalue weighted by Gasteiger charge is -2.17. The van der Waals surface area contributed by atoms with Crippen molar-refractivity contribution in [1.82, 2.24) is 0 Å². The van der Waals surface area contributed by atoms with Crippen molar-refractivity contribution in [2.45, 2.75) is 0 Å². The second-order valence-corrected chi connectivity index (χ2v) is 4.70. The van der Waals surface area contributed by atoms with Crippen LogP contribution in [0.5, 0.6) is 5.75 Å². The van der Waals surface area contributed by atoms with Crippen molar-refractivity contribution in [3.05, 3.63) is 70.9 Å². The van der Waals surface area contributed by atoms with Crippen molar-refractivity contribution < 1.29 is 23.5 Å². The Kier molecular flexibility index (Phi) is 3.21. The van der Waals surface area contributed by atoms with Crippen LogP contribution in [-0.4, -0.2) is 16.7 Å². The van der Waals surface area contributed by atoms with Gasteiger partial charge in [-0.1, -0.05) is 6.07 Å². The Hall–Kier alpha value is -3.02. The van der Waals surface area contributed by atoms with Gasteiger partial charge in [-0.2, -0.15) is 0 Å². The molecule has 0 spiro atoms. The maximum absolute atomic E-state index is 13.6. The first-order valence-electron chi connectivity index (χ1n) is 6.32. The number of allylic oxidation sites excluding steroid dienone is 2. The van der Waals surface area contributed by atoms with E-state index in [1.54, 1.807) is 0 Å². The largest absolute Gasteiger partial charge is 0.507 e. The number of hydrogen-bond acceptors (Lipinski definition) is 4. The molecule has 2 aromatic carbocycles. The Labute approximate surface area is 123 Å². The van der Waals surface area contributed by atoms with E-state index in [0.717, 1.165) is 18.2 Å². The summed E-state index contributed by atoms with van der Waals surface area (Å²) in [5.74, 6) is -3.06. The van der Waals surface area contributed by atoms with Crippen molar-refractivity contribution in [2.24, 2.45) is 0 Å².